The second-order valence-electron chi connectivity index (χ2n) is 13.0. The predicted molar refractivity (Wildman–Crippen MR) is 133 cm³/mol. The standard InChI is InChI=1S/C30H52O/c1-8-22(20(2)3)10-9-21(4)26-13-14-27-25-12-11-23-19-24(31-7)15-17-29(23,5)28(25)16-18-30(26,27)6/h20-24,26-27H,8-19H2,1-7H3/t21-,22+,23+,24+,26-,27+,29+,30-/m1/s1. The van der Waals surface area contributed by atoms with Gasteiger partial charge < -0.3 is 4.74 Å². The minimum atomic E-state index is 0.485. The second kappa shape index (κ2) is 9.15. The molecule has 2 fully saturated rings. The van der Waals surface area contributed by atoms with Gasteiger partial charge in [-0.15, -0.1) is 0 Å². The molecule has 0 spiro atoms. The van der Waals surface area contributed by atoms with E-state index >= 15 is 0 Å². The lowest BCUT2D eigenvalue weighted by Crippen LogP contribution is -2.45. The smallest absolute Gasteiger partial charge is 0.0574 e. The fraction of sp³-hybridized carbons (Fsp3) is 0.933. The van der Waals surface area contributed by atoms with Crippen molar-refractivity contribution in [3.05, 3.63) is 11.1 Å². The second-order valence-corrected chi connectivity index (χ2v) is 13.0. The van der Waals surface area contributed by atoms with Crippen LogP contribution in [0.3, 0.4) is 0 Å². The average Bonchev–Trinajstić information content (AvgIpc) is 3.10. The summed E-state index contributed by atoms with van der Waals surface area (Å²) >= 11 is 0. The Morgan fingerprint density at radius 2 is 1.74 bits per heavy atom. The van der Waals surface area contributed by atoms with Crippen LogP contribution in [0.2, 0.25) is 0 Å². The number of ether oxygens (including phenoxy) is 1. The van der Waals surface area contributed by atoms with Crippen LogP contribution in [-0.2, 0) is 4.74 Å². The molecule has 4 aliphatic carbocycles. The zero-order chi connectivity index (χ0) is 22.4. The van der Waals surface area contributed by atoms with Crippen LogP contribution in [0.25, 0.3) is 0 Å². The van der Waals surface area contributed by atoms with Crippen LogP contribution < -0.4 is 0 Å². The molecule has 0 aromatic carbocycles. The van der Waals surface area contributed by atoms with Crippen molar-refractivity contribution in [2.75, 3.05) is 7.11 Å². The first-order valence-corrected chi connectivity index (χ1v) is 14.0. The molecule has 0 radical (unpaired) electrons. The van der Waals surface area contributed by atoms with Crippen molar-refractivity contribution in [3.8, 4) is 0 Å². The van der Waals surface area contributed by atoms with Crippen LogP contribution >= 0.6 is 0 Å². The Morgan fingerprint density at radius 3 is 2.42 bits per heavy atom. The Balaban J connectivity index is 1.50. The van der Waals surface area contributed by atoms with E-state index in [2.05, 4.69) is 41.5 Å². The van der Waals surface area contributed by atoms with Crippen LogP contribution in [0, 0.1) is 46.3 Å². The summed E-state index contributed by atoms with van der Waals surface area (Å²) < 4.78 is 5.79. The van der Waals surface area contributed by atoms with E-state index in [0.717, 1.165) is 35.5 Å². The third kappa shape index (κ3) is 4.08. The number of hydrogen-bond acceptors (Lipinski definition) is 1. The Bertz CT molecular complexity index is 661. The third-order valence-corrected chi connectivity index (χ3v) is 11.5. The molecule has 0 N–H and O–H groups in total. The number of fused-ring (bicyclic) bond motifs is 4. The minimum absolute atomic E-state index is 0.485. The van der Waals surface area contributed by atoms with Gasteiger partial charge in [0.2, 0.25) is 0 Å². The summed E-state index contributed by atoms with van der Waals surface area (Å²) in [6, 6.07) is 0. The van der Waals surface area contributed by atoms with E-state index in [1.807, 2.05) is 18.3 Å². The van der Waals surface area contributed by atoms with Crippen molar-refractivity contribution in [3.63, 3.8) is 0 Å². The molecule has 0 aromatic heterocycles. The summed E-state index contributed by atoms with van der Waals surface area (Å²) in [5.41, 5.74) is 4.97. The molecular formula is C30H52O. The van der Waals surface area contributed by atoms with Crippen molar-refractivity contribution < 1.29 is 4.74 Å². The van der Waals surface area contributed by atoms with Crippen molar-refractivity contribution in [2.24, 2.45) is 46.3 Å². The summed E-state index contributed by atoms with van der Waals surface area (Å²) in [4.78, 5) is 0. The van der Waals surface area contributed by atoms with Crippen LogP contribution in [0.5, 0.6) is 0 Å². The van der Waals surface area contributed by atoms with Crippen molar-refractivity contribution in [1.82, 2.24) is 0 Å². The number of rotatable bonds is 7. The van der Waals surface area contributed by atoms with E-state index in [4.69, 9.17) is 4.74 Å². The van der Waals surface area contributed by atoms with Gasteiger partial charge in [0.05, 0.1) is 6.10 Å². The molecule has 4 rings (SSSR count). The van der Waals surface area contributed by atoms with E-state index in [-0.39, 0.29) is 0 Å². The molecule has 0 aromatic rings. The Kier molecular flexibility index (Phi) is 7.04. The van der Waals surface area contributed by atoms with E-state index in [0.29, 0.717) is 16.9 Å². The molecule has 0 unspecified atom stereocenters. The summed E-state index contributed by atoms with van der Waals surface area (Å²) in [7, 11) is 1.93. The largest absolute Gasteiger partial charge is 0.381 e. The lowest BCUT2D eigenvalue weighted by Gasteiger charge is -2.55. The Morgan fingerprint density at radius 1 is 0.968 bits per heavy atom. The van der Waals surface area contributed by atoms with Crippen LogP contribution in [-0.4, -0.2) is 13.2 Å². The zero-order valence-electron chi connectivity index (χ0n) is 21.9. The van der Waals surface area contributed by atoms with Crippen molar-refractivity contribution in [1.29, 1.82) is 0 Å². The van der Waals surface area contributed by atoms with Crippen LogP contribution in [0.15, 0.2) is 11.1 Å². The Hall–Kier alpha value is -0.300. The molecule has 0 saturated heterocycles. The molecule has 0 heterocycles. The van der Waals surface area contributed by atoms with Gasteiger partial charge in [0.25, 0.3) is 0 Å². The molecule has 1 nitrogen and oxygen atoms in total. The van der Waals surface area contributed by atoms with Gasteiger partial charge in [0, 0.05) is 7.11 Å². The fourth-order valence-corrected chi connectivity index (χ4v) is 9.30. The first-order chi connectivity index (χ1) is 14.7. The molecular weight excluding hydrogens is 376 g/mol. The highest BCUT2D eigenvalue weighted by Crippen LogP contribution is 2.66. The quantitative estimate of drug-likeness (QED) is 0.368. The Labute approximate surface area is 194 Å². The van der Waals surface area contributed by atoms with Gasteiger partial charge in [0.1, 0.15) is 0 Å². The molecule has 8 atom stereocenters. The topological polar surface area (TPSA) is 9.23 Å². The fourth-order valence-electron chi connectivity index (χ4n) is 9.30. The molecule has 1 heteroatoms. The number of methoxy groups -OCH3 is 1. The molecule has 178 valence electrons. The summed E-state index contributed by atoms with van der Waals surface area (Å²) in [5.74, 6) is 5.38. The van der Waals surface area contributed by atoms with Gasteiger partial charge >= 0.3 is 0 Å². The highest BCUT2D eigenvalue weighted by atomic mass is 16.5. The van der Waals surface area contributed by atoms with E-state index in [1.165, 1.54) is 77.0 Å². The monoisotopic (exact) mass is 428 g/mol. The van der Waals surface area contributed by atoms with E-state index < -0.39 is 0 Å². The summed E-state index contributed by atoms with van der Waals surface area (Å²) in [6.07, 6.45) is 17.4. The van der Waals surface area contributed by atoms with Crippen LogP contribution in [0.4, 0.5) is 0 Å². The van der Waals surface area contributed by atoms with Crippen molar-refractivity contribution in [2.45, 2.75) is 125 Å². The maximum Gasteiger partial charge on any atom is 0.0574 e. The molecule has 4 aliphatic rings. The average molecular weight is 429 g/mol. The van der Waals surface area contributed by atoms with E-state index in [9.17, 15) is 0 Å². The number of hydrogen-bond donors (Lipinski definition) is 0. The van der Waals surface area contributed by atoms with Crippen molar-refractivity contribution >= 4 is 0 Å². The third-order valence-electron chi connectivity index (χ3n) is 11.5. The molecule has 31 heavy (non-hydrogen) atoms. The van der Waals surface area contributed by atoms with Gasteiger partial charge in [-0.25, -0.2) is 0 Å². The maximum absolute atomic E-state index is 5.79. The normalized spacial score (nSPS) is 42.2. The number of allylic oxidation sites excluding steroid dienone is 2. The van der Waals surface area contributed by atoms with Crippen LogP contribution in [0.1, 0.15) is 119 Å². The van der Waals surface area contributed by atoms with Gasteiger partial charge in [-0.3, -0.25) is 0 Å². The van der Waals surface area contributed by atoms with Gasteiger partial charge in [-0.1, -0.05) is 65.5 Å². The van der Waals surface area contributed by atoms with E-state index in [1.54, 1.807) is 0 Å². The SMILES string of the molecule is CC[C@@H](CC[C@@H](C)[C@H]1CC[C@H]2C3=C(CC[C@]12C)[C@@]1(C)CC[C@H](OC)C[C@@H]1CC3)C(C)C. The highest BCUT2D eigenvalue weighted by molar-refractivity contribution is 5.34. The first kappa shape index (κ1) is 23.8. The lowest BCUT2D eigenvalue weighted by atomic mass is 9.50. The molecule has 0 aliphatic heterocycles. The summed E-state index contributed by atoms with van der Waals surface area (Å²) in [6.45, 7) is 15.2. The maximum atomic E-state index is 5.79. The zero-order valence-corrected chi connectivity index (χ0v) is 21.9. The minimum Gasteiger partial charge on any atom is -0.381 e. The highest BCUT2D eigenvalue weighted by Gasteiger charge is 2.55. The van der Waals surface area contributed by atoms with Gasteiger partial charge in [0.15, 0.2) is 0 Å². The van der Waals surface area contributed by atoms with Gasteiger partial charge in [-0.2, -0.15) is 0 Å². The molecule has 0 amide bonds. The molecule has 2 saturated carbocycles. The summed E-state index contributed by atoms with van der Waals surface area (Å²) in [5, 5.41) is 0. The molecule has 0 bridgehead atoms. The predicted octanol–water partition coefficient (Wildman–Crippen LogP) is 8.82. The van der Waals surface area contributed by atoms with Gasteiger partial charge in [-0.05, 0) is 111 Å². The lowest BCUT2D eigenvalue weighted by molar-refractivity contribution is -0.00951. The first-order valence-electron chi connectivity index (χ1n) is 14.0.